The van der Waals surface area contributed by atoms with E-state index in [1.165, 1.54) is 0 Å². The molecule has 1 aliphatic carbocycles. The second-order valence-electron chi connectivity index (χ2n) is 6.17. The Bertz CT molecular complexity index is 1010. The zero-order valence-electron chi connectivity index (χ0n) is 14.3. The number of nitrogens with zero attached hydrogens (tertiary/aromatic N) is 6. The fourth-order valence-corrected chi connectivity index (χ4v) is 3.12. The number of alkyl halides is 3. The fourth-order valence-electron chi connectivity index (χ4n) is 3.12. The molecule has 2 aromatic rings. The third kappa shape index (κ3) is 3.59. The number of nitro groups is 3. The monoisotopic (exact) mass is 420 g/mol. The molecule has 0 aromatic carbocycles. The van der Waals surface area contributed by atoms with Gasteiger partial charge in [0.15, 0.2) is 0 Å². The lowest BCUT2D eigenvalue weighted by Gasteiger charge is -2.23. The van der Waals surface area contributed by atoms with Crippen LogP contribution in [0.15, 0.2) is 0 Å². The minimum absolute atomic E-state index is 0.00677. The molecule has 29 heavy (non-hydrogen) atoms. The van der Waals surface area contributed by atoms with Crippen molar-refractivity contribution in [3.63, 3.8) is 0 Å². The number of rotatable bonds is 5. The molecule has 2 aromatic heterocycles. The Balaban J connectivity index is 2.39. The molecule has 0 amide bonds. The van der Waals surface area contributed by atoms with E-state index in [1.807, 2.05) is 0 Å². The van der Waals surface area contributed by atoms with Crippen LogP contribution in [0.2, 0.25) is 0 Å². The first kappa shape index (κ1) is 20.2. The Morgan fingerprint density at radius 2 is 1.52 bits per heavy atom. The Morgan fingerprint density at radius 3 is 2.00 bits per heavy atom. The van der Waals surface area contributed by atoms with Gasteiger partial charge in [0, 0.05) is 0 Å². The fraction of sp³-hybridized carbons (Fsp3) is 0.538. The summed E-state index contributed by atoms with van der Waals surface area (Å²) in [6, 6.07) is 0. The minimum atomic E-state index is -5.17. The van der Waals surface area contributed by atoms with E-state index >= 15 is 0 Å². The number of hydrogen-bond acceptors (Lipinski definition) is 9. The number of aromatic nitrogens is 3. The summed E-state index contributed by atoms with van der Waals surface area (Å²) in [7, 11) is 0. The van der Waals surface area contributed by atoms with E-state index in [0.717, 1.165) is 6.42 Å². The van der Waals surface area contributed by atoms with E-state index in [1.54, 1.807) is 0 Å². The molecule has 2 heterocycles. The molecule has 0 saturated heterocycles. The smallest absolute Gasteiger partial charge is 0.408 e. The van der Waals surface area contributed by atoms with Crippen LogP contribution in [0, 0.1) is 30.3 Å². The summed E-state index contributed by atoms with van der Waals surface area (Å²) in [4.78, 5) is 41.2. The number of fused-ring (bicyclic) bond motifs is 1. The van der Waals surface area contributed by atoms with Crippen LogP contribution in [0.25, 0.3) is 11.2 Å². The highest BCUT2D eigenvalue weighted by molar-refractivity contribution is 5.90. The van der Waals surface area contributed by atoms with Gasteiger partial charge in [0.25, 0.3) is 5.82 Å². The van der Waals surface area contributed by atoms with E-state index in [9.17, 15) is 43.5 Å². The molecule has 3 rings (SSSR count). The first-order chi connectivity index (χ1) is 13.5. The van der Waals surface area contributed by atoms with Gasteiger partial charge in [0.1, 0.15) is 6.10 Å². The lowest BCUT2D eigenvalue weighted by atomic mass is 9.98. The molecule has 0 bridgehead atoms. The van der Waals surface area contributed by atoms with Crippen molar-refractivity contribution in [2.75, 3.05) is 0 Å². The number of pyridine rings is 1. The van der Waals surface area contributed by atoms with Crippen LogP contribution in [-0.4, -0.2) is 35.6 Å². The van der Waals surface area contributed by atoms with Crippen LogP contribution in [-0.2, 0) is 6.18 Å². The summed E-state index contributed by atoms with van der Waals surface area (Å²) in [5.74, 6) is -3.35. The van der Waals surface area contributed by atoms with Gasteiger partial charge in [-0.1, -0.05) is 6.42 Å². The molecule has 0 N–H and O–H groups in total. The van der Waals surface area contributed by atoms with Crippen LogP contribution in [0.1, 0.15) is 37.9 Å². The van der Waals surface area contributed by atoms with Crippen LogP contribution >= 0.6 is 0 Å². The molecule has 1 saturated carbocycles. The number of halogens is 3. The molecule has 13 nitrogen and oxygen atoms in total. The van der Waals surface area contributed by atoms with Crippen molar-refractivity contribution in [1.82, 2.24) is 14.7 Å². The Hall–Kier alpha value is -3.59. The van der Waals surface area contributed by atoms with Gasteiger partial charge < -0.3 is 15.0 Å². The molecule has 0 atom stereocenters. The molecule has 1 fully saturated rings. The first-order valence-corrected chi connectivity index (χ1v) is 8.16. The average Bonchev–Trinajstić information content (AvgIpc) is 2.99. The number of imidazole rings is 1. The summed E-state index contributed by atoms with van der Waals surface area (Å²) in [5.41, 5.74) is -5.33. The molecule has 156 valence electrons. The van der Waals surface area contributed by atoms with Crippen LogP contribution in [0.3, 0.4) is 0 Å². The molecular weight excluding hydrogens is 409 g/mol. The largest absolute Gasteiger partial charge is 0.453 e. The molecule has 1 aliphatic rings. The number of hydrogen-bond donors (Lipinski definition) is 0. The predicted molar refractivity (Wildman–Crippen MR) is 85.9 cm³/mol. The summed E-state index contributed by atoms with van der Waals surface area (Å²) in [6.07, 6.45) is -3.10. The standard InChI is InChI=1S/C13H11F3N6O7/c14-13(15,16)12-18-10-8(19(12)29-6-4-2-1-3-5-6)7(20(23)24)9(21(25)26)11(17-10)22(27)28/h6H,1-5H2. The van der Waals surface area contributed by atoms with Gasteiger partial charge in [-0.2, -0.15) is 18.2 Å². The normalized spacial score (nSPS) is 15.4. The van der Waals surface area contributed by atoms with Gasteiger partial charge in [0.2, 0.25) is 5.52 Å². The lowest BCUT2D eigenvalue weighted by Crippen LogP contribution is -2.30. The Kier molecular flexibility index (Phi) is 4.93. The second kappa shape index (κ2) is 7.10. The molecular formula is C13H11F3N6O7. The molecule has 16 heteroatoms. The van der Waals surface area contributed by atoms with Gasteiger partial charge in [-0.25, -0.2) is 0 Å². The molecule has 0 unspecified atom stereocenters. The van der Waals surface area contributed by atoms with E-state index < -0.39 is 61.2 Å². The highest BCUT2D eigenvalue weighted by Crippen LogP contribution is 2.42. The van der Waals surface area contributed by atoms with Crippen molar-refractivity contribution in [2.24, 2.45) is 0 Å². The summed E-state index contributed by atoms with van der Waals surface area (Å²) in [6.45, 7) is 0. The molecule has 0 radical (unpaired) electrons. The zero-order chi connectivity index (χ0) is 21.5. The quantitative estimate of drug-likeness (QED) is 0.521. The van der Waals surface area contributed by atoms with Crippen molar-refractivity contribution in [2.45, 2.75) is 44.4 Å². The Morgan fingerprint density at radius 1 is 0.931 bits per heavy atom. The second-order valence-corrected chi connectivity index (χ2v) is 6.17. The van der Waals surface area contributed by atoms with E-state index in [0.29, 0.717) is 25.7 Å². The maximum Gasteiger partial charge on any atom is 0.453 e. The van der Waals surface area contributed by atoms with Gasteiger partial charge >= 0.3 is 29.0 Å². The summed E-state index contributed by atoms with van der Waals surface area (Å²) < 4.78 is 40.4. The van der Waals surface area contributed by atoms with Crippen LogP contribution in [0.5, 0.6) is 0 Å². The van der Waals surface area contributed by atoms with Gasteiger partial charge in [-0.05, 0) is 35.6 Å². The summed E-state index contributed by atoms with van der Waals surface area (Å²) in [5, 5.41) is 33.8. The van der Waals surface area contributed by atoms with Gasteiger partial charge in [0.05, 0.1) is 9.85 Å². The van der Waals surface area contributed by atoms with E-state index in [2.05, 4.69) is 9.97 Å². The highest BCUT2D eigenvalue weighted by atomic mass is 19.4. The first-order valence-electron chi connectivity index (χ1n) is 8.16. The maximum absolute atomic E-state index is 13.5. The third-order valence-electron chi connectivity index (χ3n) is 4.29. The van der Waals surface area contributed by atoms with Crippen molar-refractivity contribution >= 4 is 28.4 Å². The van der Waals surface area contributed by atoms with Crippen molar-refractivity contribution < 1.29 is 32.8 Å². The van der Waals surface area contributed by atoms with Crippen molar-refractivity contribution in [3.05, 3.63) is 36.2 Å². The molecule has 0 aliphatic heterocycles. The molecule has 0 spiro atoms. The van der Waals surface area contributed by atoms with Gasteiger partial charge in [-0.3, -0.25) is 20.2 Å². The van der Waals surface area contributed by atoms with E-state index in [4.69, 9.17) is 4.84 Å². The SMILES string of the molecule is O=[N+]([O-])c1nc2nc(C(F)(F)F)n(OC3CCCCC3)c2c([N+](=O)[O-])c1[N+](=O)[O-]. The highest BCUT2D eigenvalue weighted by Gasteiger charge is 2.48. The zero-order valence-corrected chi connectivity index (χ0v) is 14.3. The minimum Gasteiger partial charge on any atom is -0.408 e. The van der Waals surface area contributed by atoms with Crippen molar-refractivity contribution in [3.8, 4) is 0 Å². The van der Waals surface area contributed by atoms with Gasteiger partial charge in [-0.15, -0.1) is 4.73 Å². The van der Waals surface area contributed by atoms with Crippen LogP contribution in [0.4, 0.5) is 30.4 Å². The lowest BCUT2D eigenvalue weighted by molar-refractivity contribution is -0.442. The average molecular weight is 420 g/mol. The maximum atomic E-state index is 13.5. The van der Waals surface area contributed by atoms with Crippen LogP contribution < -0.4 is 4.84 Å². The predicted octanol–water partition coefficient (Wildman–Crippen LogP) is 2.94. The third-order valence-corrected chi connectivity index (χ3v) is 4.29. The Labute approximate surface area is 157 Å². The summed E-state index contributed by atoms with van der Waals surface area (Å²) >= 11 is 0. The van der Waals surface area contributed by atoms with Crippen molar-refractivity contribution in [1.29, 1.82) is 0 Å². The topological polar surface area (TPSA) is 169 Å². The van der Waals surface area contributed by atoms with E-state index in [-0.39, 0.29) is 4.73 Å².